The molecule has 0 amide bonds. The standard InChI is InChI=1S/C49H34N2O/c1-49(2)41-21-12-20-39(47(41)40-27-34-15-6-7-16-35(34)28-42(40)49)37-18-9-10-19-38(37)44-30-43(50-48(51-44)33-13-4-3-5-14-33)31-23-25-32(26-24-31)46-29-36-17-8-11-22-45(36)52-46/h3-30H,1-2H3. The molecule has 0 spiro atoms. The van der Waals surface area contributed by atoms with Crippen molar-refractivity contribution < 1.29 is 4.42 Å². The number of nitrogens with zero attached hydrogens (tertiary/aromatic N) is 2. The lowest BCUT2D eigenvalue weighted by Crippen LogP contribution is -2.14. The minimum absolute atomic E-state index is 0.128. The average Bonchev–Trinajstić information content (AvgIpc) is 3.74. The zero-order valence-corrected chi connectivity index (χ0v) is 29.0. The van der Waals surface area contributed by atoms with Gasteiger partial charge >= 0.3 is 0 Å². The van der Waals surface area contributed by atoms with Crippen LogP contribution in [0.1, 0.15) is 25.0 Å². The van der Waals surface area contributed by atoms with Gasteiger partial charge in [-0.1, -0.05) is 153 Å². The molecule has 0 saturated carbocycles. The molecule has 0 aliphatic heterocycles. The van der Waals surface area contributed by atoms with Crippen LogP contribution in [-0.2, 0) is 5.41 Å². The number of rotatable bonds is 5. The monoisotopic (exact) mass is 666 g/mol. The number of fused-ring (bicyclic) bond motifs is 5. The molecule has 10 rings (SSSR count). The van der Waals surface area contributed by atoms with Gasteiger partial charge in [-0.15, -0.1) is 0 Å². The molecule has 3 heteroatoms. The summed E-state index contributed by atoms with van der Waals surface area (Å²) in [6.07, 6.45) is 0. The highest BCUT2D eigenvalue weighted by molar-refractivity contribution is 6.00. The van der Waals surface area contributed by atoms with Gasteiger partial charge in [0.05, 0.1) is 11.4 Å². The van der Waals surface area contributed by atoms with Crippen molar-refractivity contribution >= 4 is 21.7 Å². The Kier molecular flexibility index (Phi) is 6.84. The summed E-state index contributed by atoms with van der Waals surface area (Å²) in [4.78, 5) is 10.4. The summed E-state index contributed by atoms with van der Waals surface area (Å²) < 4.78 is 6.17. The molecule has 2 aromatic heterocycles. The molecule has 246 valence electrons. The molecule has 1 aliphatic carbocycles. The summed E-state index contributed by atoms with van der Waals surface area (Å²) in [6, 6.07) is 60.0. The van der Waals surface area contributed by atoms with E-state index in [2.05, 4.69) is 147 Å². The molecular formula is C49H34N2O. The van der Waals surface area contributed by atoms with Crippen molar-refractivity contribution in [3.8, 4) is 67.5 Å². The Balaban J connectivity index is 1.13. The molecule has 0 fully saturated rings. The Morgan fingerprint density at radius 2 is 1.06 bits per heavy atom. The number of aromatic nitrogens is 2. The largest absolute Gasteiger partial charge is 0.456 e. The third kappa shape index (κ3) is 4.89. The predicted octanol–water partition coefficient (Wildman–Crippen LogP) is 13.0. The fourth-order valence-electron chi connectivity index (χ4n) is 8.02. The lowest BCUT2D eigenvalue weighted by molar-refractivity contribution is 0.631. The summed E-state index contributed by atoms with van der Waals surface area (Å²) in [5.74, 6) is 1.55. The Morgan fingerprint density at radius 3 is 1.85 bits per heavy atom. The second-order valence-corrected chi connectivity index (χ2v) is 14.2. The summed E-state index contributed by atoms with van der Waals surface area (Å²) in [6.45, 7) is 4.70. The van der Waals surface area contributed by atoms with Gasteiger partial charge in [-0.3, -0.25) is 0 Å². The third-order valence-electron chi connectivity index (χ3n) is 10.7. The highest BCUT2D eigenvalue weighted by Gasteiger charge is 2.37. The Labute approximate surface area is 302 Å². The van der Waals surface area contributed by atoms with Crippen LogP contribution in [0.3, 0.4) is 0 Å². The van der Waals surface area contributed by atoms with Crippen molar-refractivity contribution in [1.29, 1.82) is 0 Å². The summed E-state index contributed by atoms with van der Waals surface area (Å²) in [5.41, 5.74) is 14.3. The highest BCUT2D eigenvalue weighted by atomic mass is 16.3. The summed E-state index contributed by atoms with van der Waals surface area (Å²) in [7, 11) is 0. The zero-order valence-electron chi connectivity index (χ0n) is 29.0. The number of benzene rings is 7. The van der Waals surface area contributed by atoms with Crippen molar-refractivity contribution in [2.75, 3.05) is 0 Å². The number of hydrogen-bond donors (Lipinski definition) is 0. The molecule has 0 bridgehead atoms. The van der Waals surface area contributed by atoms with E-state index in [9.17, 15) is 0 Å². The molecule has 1 aliphatic rings. The van der Waals surface area contributed by atoms with Crippen LogP contribution in [0, 0.1) is 0 Å². The number of para-hydroxylation sites is 1. The maximum Gasteiger partial charge on any atom is 0.160 e. The first-order valence-corrected chi connectivity index (χ1v) is 17.8. The molecule has 0 unspecified atom stereocenters. The van der Waals surface area contributed by atoms with E-state index in [-0.39, 0.29) is 5.41 Å². The lowest BCUT2D eigenvalue weighted by atomic mass is 9.81. The van der Waals surface area contributed by atoms with E-state index in [1.165, 1.54) is 38.6 Å². The predicted molar refractivity (Wildman–Crippen MR) is 214 cm³/mol. The van der Waals surface area contributed by atoms with Crippen molar-refractivity contribution in [1.82, 2.24) is 9.97 Å². The second kappa shape index (κ2) is 11.8. The van der Waals surface area contributed by atoms with Gasteiger partial charge < -0.3 is 4.42 Å². The van der Waals surface area contributed by atoms with Crippen LogP contribution >= 0.6 is 0 Å². The molecular weight excluding hydrogens is 633 g/mol. The zero-order chi connectivity index (χ0) is 34.8. The van der Waals surface area contributed by atoms with Gasteiger partial charge in [0, 0.05) is 33.1 Å². The topological polar surface area (TPSA) is 38.9 Å². The molecule has 52 heavy (non-hydrogen) atoms. The van der Waals surface area contributed by atoms with Crippen molar-refractivity contribution in [3.63, 3.8) is 0 Å². The molecule has 0 N–H and O–H groups in total. The molecule has 3 nitrogen and oxygen atoms in total. The van der Waals surface area contributed by atoms with Gasteiger partial charge in [0.2, 0.25) is 0 Å². The van der Waals surface area contributed by atoms with Gasteiger partial charge in [0.1, 0.15) is 11.3 Å². The van der Waals surface area contributed by atoms with Crippen molar-refractivity contribution in [2.24, 2.45) is 0 Å². The van der Waals surface area contributed by atoms with E-state index in [0.717, 1.165) is 55.9 Å². The minimum Gasteiger partial charge on any atom is -0.456 e. The van der Waals surface area contributed by atoms with Crippen LogP contribution in [0.15, 0.2) is 174 Å². The first-order valence-electron chi connectivity index (χ1n) is 17.8. The van der Waals surface area contributed by atoms with Gasteiger partial charge in [-0.2, -0.15) is 0 Å². The van der Waals surface area contributed by atoms with E-state index >= 15 is 0 Å². The molecule has 0 atom stereocenters. The lowest BCUT2D eigenvalue weighted by Gasteiger charge is -2.22. The number of furan rings is 1. The van der Waals surface area contributed by atoms with Crippen LogP contribution < -0.4 is 0 Å². The Morgan fingerprint density at radius 1 is 0.423 bits per heavy atom. The summed E-state index contributed by atoms with van der Waals surface area (Å²) in [5, 5.41) is 3.63. The van der Waals surface area contributed by atoms with E-state index in [0.29, 0.717) is 5.82 Å². The number of hydrogen-bond acceptors (Lipinski definition) is 3. The van der Waals surface area contributed by atoms with Crippen LogP contribution in [0.5, 0.6) is 0 Å². The van der Waals surface area contributed by atoms with Crippen LogP contribution in [0.4, 0.5) is 0 Å². The van der Waals surface area contributed by atoms with E-state index in [1.54, 1.807) is 0 Å². The van der Waals surface area contributed by atoms with E-state index in [1.807, 2.05) is 36.4 Å². The maximum atomic E-state index is 6.17. The highest BCUT2D eigenvalue weighted by Crippen LogP contribution is 2.54. The minimum atomic E-state index is -0.128. The van der Waals surface area contributed by atoms with Crippen LogP contribution in [0.2, 0.25) is 0 Å². The first kappa shape index (κ1) is 30.3. The SMILES string of the molecule is CC1(C)c2cc3ccccc3cc2-c2c(-c3ccccc3-c3cc(-c4ccc(-c5cc6ccccc6o5)cc4)nc(-c4ccccc4)n3)cccc21. The van der Waals surface area contributed by atoms with Crippen LogP contribution in [0.25, 0.3) is 89.2 Å². The molecule has 2 heterocycles. The first-order chi connectivity index (χ1) is 25.5. The normalized spacial score (nSPS) is 13.0. The van der Waals surface area contributed by atoms with Crippen molar-refractivity contribution in [2.45, 2.75) is 19.3 Å². The molecule has 0 saturated heterocycles. The molecule has 0 radical (unpaired) electrons. The molecule has 9 aromatic rings. The van der Waals surface area contributed by atoms with E-state index < -0.39 is 0 Å². The fraction of sp³-hybridized carbons (Fsp3) is 0.0612. The Bertz CT molecular complexity index is 2780. The second-order valence-electron chi connectivity index (χ2n) is 14.2. The average molecular weight is 667 g/mol. The van der Waals surface area contributed by atoms with Gasteiger partial charge in [-0.25, -0.2) is 9.97 Å². The molecule has 7 aromatic carbocycles. The quantitative estimate of drug-likeness (QED) is 0.183. The van der Waals surface area contributed by atoms with Crippen molar-refractivity contribution in [3.05, 3.63) is 181 Å². The summed E-state index contributed by atoms with van der Waals surface area (Å²) >= 11 is 0. The fourth-order valence-corrected chi connectivity index (χ4v) is 8.02. The third-order valence-corrected chi connectivity index (χ3v) is 10.7. The van der Waals surface area contributed by atoms with Gasteiger partial charge in [-0.05, 0) is 74.5 Å². The van der Waals surface area contributed by atoms with Gasteiger partial charge in [0.25, 0.3) is 0 Å². The smallest absolute Gasteiger partial charge is 0.160 e. The maximum absolute atomic E-state index is 6.17. The van der Waals surface area contributed by atoms with Crippen LogP contribution in [-0.4, -0.2) is 9.97 Å². The van der Waals surface area contributed by atoms with Gasteiger partial charge in [0.15, 0.2) is 5.82 Å². The Hall–Kier alpha value is -6.58. The van der Waals surface area contributed by atoms with E-state index in [4.69, 9.17) is 14.4 Å².